The summed E-state index contributed by atoms with van der Waals surface area (Å²) >= 11 is 0. The van der Waals surface area contributed by atoms with E-state index < -0.39 is 0 Å². The van der Waals surface area contributed by atoms with Crippen LogP contribution in [0.25, 0.3) is 0 Å². The van der Waals surface area contributed by atoms with E-state index in [1.54, 1.807) is 0 Å². The fourth-order valence-corrected chi connectivity index (χ4v) is 3.83. The van der Waals surface area contributed by atoms with Gasteiger partial charge in [-0.05, 0) is 44.8 Å². The summed E-state index contributed by atoms with van der Waals surface area (Å²) in [6.07, 6.45) is 8.51. The second-order valence-electron chi connectivity index (χ2n) is 6.85. The van der Waals surface area contributed by atoms with Crippen molar-refractivity contribution in [1.29, 1.82) is 0 Å². The predicted octanol–water partition coefficient (Wildman–Crippen LogP) is 1.58. The van der Waals surface area contributed by atoms with Gasteiger partial charge in [-0.15, -0.1) is 10.2 Å². The van der Waals surface area contributed by atoms with Crippen LogP contribution in [0.1, 0.15) is 43.3 Å². The molecule has 0 saturated carbocycles. The zero-order chi connectivity index (χ0) is 16.4. The Morgan fingerprint density at radius 3 is 2.62 bits per heavy atom. The van der Waals surface area contributed by atoms with E-state index in [0.29, 0.717) is 5.92 Å². The van der Waals surface area contributed by atoms with Crippen LogP contribution >= 0.6 is 0 Å². The van der Waals surface area contributed by atoms with Crippen LogP contribution < -0.4 is 4.90 Å². The lowest BCUT2D eigenvalue weighted by Gasteiger charge is -2.32. The van der Waals surface area contributed by atoms with E-state index in [2.05, 4.69) is 41.6 Å². The second kappa shape index (κ2) is 6.84. The molecule has 0 bridgehead atoms. The standard InChI is InChI=1S/C17H25N7/c1-22-15(13-23-9-2-3-10-23)20-21-16(22)14-6-4-11-24(12-14)17-18-7-5-8-19-17/h5,7-8,14H,2-4,6,9-13H2,1H3/t14-/m0/s1. The summed E-state index contributed by atoms with van der Waals surface area (Å²) in [5.74, 6) is 3.40. The molecule has 0 N–H and O–H groups in total. The largest absolute Gasteiger partial charge is 0.340 e. The highest BCUT2D eigenvalue weighted by molar-refractivity contribution is 5.30. The maximum absolute atomic E-state index is 4.53. The minimum atomic E-state index is 0.396. The number of piperidine rings is 1. The molecule has 2 aromatic rings. The van der Waals surface area contributed by atoms with Gasteiger partial charge >= 0.3 is 0 Å². The van der Waals surface area contributed by atoms with E-state index in [4.69, 9.17) is 0 Å². The van der Waals surface area contributed by atoms with Crippen molar-refractivity contribution >= 4 is 5.95 Å². The number of hydrogen-bond donors (Lipinski definition) is 0. The molecule has 7 heteroatoms. The molecule has 2 saturated heterocycles. The molecule has 7 nitrogen and oxygen atoms in total. The average Bonchev–Trinajstić information content (AvgIpc) is 3.27. The van der Waals surface area contributed by atoms with Gasteiger partial charge in [0.2, 0.25) is 5.95 Å². The zero-order valence-electron chi connectivity index (χ0n) is 14.3. The van der Waals surface area contributed by atoms with Crippen LogP contribution in [0.15, 0.2) is 18.5 Å². The Morgan fingerprint density at radius 1 is 1.04 bits per heavy atom. The molecule has 0 radical (unpaired) electrons. The Bertz CT molecular complexity index is 663. The first kappa shape index (κ1) is 15.5. The van der Waals surface area contributed by atoms with Crippen molar-refractivity contribution in [3.05, 3.63) is 30.1 Å². The first-order valence-electron chi connectivity index (χ1n) is 8.94. The summed E-state index contributed by atoms with van der Waals surface area (Å²) in [5.41, 5.74) is 0. The summed E-state index contributed by atoms with van der Waals surface area (Å²) in [6, 6.07) is 1.86. The summed E-state index contributed by atoms with van der Waals surface area (Å²) in [4.78, 5) is 13.5. The quantitative estimate of drug-likeness (QED) is 0.850. The second-order valence-corrected chi connectivity index (χ2v) is 6.85. The fourth-order valence-electron chi connectivity index (χ4n) is 3.83. The minimum Gasteiger partial charge on any atom is -0.340 e. The number of rotatable bonds is 4. The highest BCUT2D eigenvalue weighted by Gasteiger charge is 2.27. The van der Waals surface area contributed by atoms with E-state index in [-0.39, 0.29) is 0 Å². The number of hydrogen-bond acceptors (Lipinski definition) is 6. The molecule has 2 fully saturated rings. The van der Waals surface area contributed by atoms with Crippen LogP contribution in [-0.4, -0.2) is 55.8 Å². The summed E-state index contributed by atoms with van der Waals surface area (Å²) in [7, 11) is 2.11. The van der Waals surface area contributed by atoms with Gasteiger partial charge in [0.25, 0.3) is 0 Å². The predicted molar refractivity (Wildman–Crippen MR) is 91.7 cm³/mol. The van der Waals surface area contributed by atoms with Crippen molar-refractivity contribution in [1.82, 2.24) is 29.6 Å². The highest BCUT2D eigenvalue weighted by Crippen LogP contribution is 2.27. The highest BCUT2D eigenvalue weighted by atomic mass is 15.3. The normalized spacial score (nSPS) is 22.2. The molecular weight excluding hydrogens is 302 g/mol. The van der Waals surface area contributed by atoms with Crippen molar-refractivity contribution in [3.8, 4) is 0 Å². The van der Waals surface area contributed by atoms with Crippen LogP contribution in [0.3, 0.4) is 0 Å². The van der Waals surface area contributed by atoms with Crippen molar-refractivity contribution in [2.24, 2.45) is 7.05 Å². The molecule has 1 atom stereocenters. The molecule has 4 heterocycles. The zero-order valence-corrected chi connectivity index (χ0v) is 14.3. The Labute approximate surface area is 142 Å². The van der Waals surface area contributed by atoms with Gasteiger partial charge in [0, 0.05) is 38.4 Å². The van der Waals surface area contributed by atoms with E-state index in [1.807, 2.05) is 18.5 Å². The van der Waals surface area contributed by atoms with Gasteiger partial charge in [-0.3, -0.25) is 4.90 Å². The average molecular weight is 327 g/mol. The van der Waals surface area contributed by atoms with Crippen LogP contribution in [-0.2, 0) is 13.6 Å². The first-order chi connectivity index (χ1) is 11.8. The molecule has 0 aliphatic carbocycles. The fraction of sp³-hybridized carbons (Fsp3) is 0.647. The van der Waals surface area contributed by atoms with Crippen molar-refractivity contribution < 1.29 is 0 Å². The van der Waals surface area contributed by atoms with Crippen LogP contribution in [0.4, 0.5) is 5.95 Å². The molecule has 0 aromatic carbocycles. The van der Waals surface area contributed by atoms with Gasteiger partial charge in [-0.25, -0.2) is 9.97 Å². The SMILES string of the molecule is Cn1c(CN2CCCC2)nnc1[C@H]1CCCN(c2ncccn2)C1. The van der Waals surface area contributed by atoms with Crippen LogP contribution in [0, 0.1) is 0 Å². The smallest absolute Gasteiger partial charge is 0.225 e. The Kier molecular flexibility index (Phi) is 4.42. The lowest BCUT2D eigenvalue weighted by atomic mass is 9.97. The third-order valence-electron chi connectivity index (χ3n) is 5.18. The van der Waals surface area contributed by atoms with Crippen LogP contribution in [0.2, 0.25) is 0 Å². The van der Waals surface area contributed by atoms with Crippen molar-refractivity contribution in [3.63, 3.8) is 0 Å². The van der Waals surface area contributed by atoms with Gasteiger partial charge in [-0.2, -0.15) is 0 Å². The minimum absolute atomic E-state index is 0.396. The van der Waals surface area contributed by atoms with Crippen molar-refractivity contribution in [2.75, 3.05) is 31.1 Å². The molecule has 2 aliphatic heterocycles. The Hall–Kier alpha value is -2.02. The number of anilines is 1. The molecule has 128 valence electrons. The van der Waals surface area contributed by atoms with E-state index >= 15 is 0 Å². The van der Waals surface area contributed by atoms with E-state index in [0.717, 1.165) is 50.1 Å². The number of nitrogens with zero attached hydrogens (tertiary/aromatic N) is 7. The lowest BCUT2D eigenvalue weighted by molar-refractivity contribution is 0.317. The summed E-state index contributed by atoms with van der Waals surface area (Å²) in [5, 5.41) is 9.00. The third-order valence-corrected chi connectivity index (χ3v) is 5.18. The molecule has 0 spiro atoms. The van der Waals surface area contributed by atoms with Crippen molar-refractivity contribution in [2.45, 2.75) is 38.1 Å². The topological polar surface area (TPSA) is 63.0 Å². The summed E-state index contributed by atoms with van der Waals surface area (Å²) < 4.78 is 2.21. The third kappa shape index (κ3) is 3.13. The monoisotopic (exact) mass is 327 g/mol. The van der Waals surface area contributed by atoms with Crippen LogP contribution in [0.5, 0.6) is 0 Å². The maximum atomic E-state index is 4.53. The van der Waals surface area contributed by atoms with Gasteiger partial charge in [0.1, 0.15) is 11.6 Å². The molecule has 24 heavy (non-hydrogen) atoms. The molecule has 0 unspecified atom stereocenters. The molecule has 2 aromatic heterocycles. The van der Waals surface area contributed by atoms with Gasteiger partial charge in [0.15, 0.2) is 0 Å². The van der Waals surface area contributed by atoms with E-state index in [9.17, 15) is 0 Å². The summed E-state index contributed by atoms with van der Waals surface area (Å²) in [6.45, 7) is 5.22. The Balaban J connectivity index is 1.48. The van der Waals surface area contributed by atoms with Gasteiger partial charge < -0.3 is 9.47 Å². The number of likely N-dealkylation sites (tertiary alicyclic amines) is 1. The Morgan fingerprint density at radius 2 is 1.83 bits per heavy atom. The first-order valence-corrected chi connectivity index (χ1v) is 8.94. The molecule has 4 rings (SSSR count). The van der Waals surface area contributed by atoms with E-state index in [1.165, 1.54) is 25.9 Å². The maximum Gasteiger partial charge on any atom is 0.225 e. The number of aromatic nitrogens is 5. The molecule has 2 aliphatic rings. The molecule has 0 amide bonds. The van der Waals surface area contributed by atoms with Gasteiger partial charge in [0.05, 0.1) is 6.54 Å². The van der Waals surface area contributed by atoms with Gasteiger partial charge in [-0.1, -0.05) is 0 Å². The molecular formula is C17H25N7. The lowest BCUT2D eigenvalue weighted by Crippen LogP contribution is -2.36.